The van der Waals surface area contributed by atoms with E-state index in [0.717, 1.165) is 18.4 Å². The van der Waals surface area contributed by atoms with E-state index < -0.39 is 11.7 Å². The molecule has 0 aliphatic heterocycles. The number of hydrogen-bond acceptors (Lipinski definition) is 3. The van der Waals surface area contributed by atoms with Crippen LogP contribution in [0, 0.1) is 0 Å². The second-order valence-electron chi connectivity index (χ2n) is 8.58. The minimum absolute atomic E-state index is 0.00188. The van der Waals surface area contributed by atoms with Crippen molar-refractivity contribution in [2.24, 2.45) is 0 Å². The average Bonchev–Trinajstić information content (AvgIpc) is 2.72. The van der Waals surface area contributed by atoms with Crippen molar-refractivity contribution in [2.75, 3.05) is 13.1 Å². The largest absolute Gasteiger partial charge is 0.443 e. The van der Waals surface area contributed by atoms with Gasteiger partial charge in [0.2, 0.25) is 0 Å². The quantitative estimate of drug-likeness (QED) is 0.413. The van der Waals surface area contributed by atoms with Gasteiger partial charge in [0.05, 0.1) is 6.04 Å². The van der Waals surface area contributed by atoms with Gasteiger partial charge < -0.3 is 9.64 Å². The van der Waals surface area contributed by atoms with Crippen molar-refractivity contribution in [3.8, 4) is 0 Å². The van der Waals surface area contributed by atoms with Gasteiger partial charge >= 0.3 is 6.09 Å². The third kappa shape index (κ3) is 8.60. The number of carbonyl (C=O) groups is 2. The third-order valence-electron chi connectivity index (χ3n) is 4.64. The van der Waals surface area contributed by atoms with E-state index in [9.17, 15) is 9.59 Å². The fraction of sp³-hybridized carbons (Fsp3) is 0.538. The maximum absolute atomic E-state index is 13.6. The van der Waals surface area contributed by atoms with E-state index in [2.05, 4.69) is 13.8 Å². The molecule has 1 atom stereocenters. The summed E-state index contributed by atoms with van der Waals surface area (Å²) >= 11 is 0. The van der Waals surface area contributed by atoms with Crippen LogP contribution in [0.2, 0.25) is 0 Å². The fourth-order valence-corrected chi connectivity index (χ4v) is 3.30. The number of rotatable bonds is 10. The van der Waals surface area contributed by atoms with Crippen LogP contribution in [0.15, 0.2) is 48.7 Å². The third-order valence-corrected chi connectivity index (χ3v) is 4.64. The van der Waals surface area contributed by atoms with Crippen molar-refractivity contribution in [1.29, 1.82) is 0 Å². The predicted octanol–water partition coefficient (Wildman–Crippen LogP) is 6.27. The van der Waals surface area contributed by atoms with Crippen molar-refractivity contribution >= 4 is 17.6 Å². The molecule has 0 aliphatic rings. The van der Waals surface area contributed by atoms with E-state index in [1.807, 2.05) is 82.0 Å². The van der Waals surface area contributed by atoms with Crippen molar-refractivity contribution < 1.29 is 14.3 Å². The SMILES string of the molecule is C/C=C/N(C(=O)OC(C)(C)C)C(/C=C(\C(=O)N(CCC)CCC)c1ccccc1)CC. The van der Waals surface area contributed by atoms with E-state index in [1.54, 1.807) is 11.1 Å². The Kier molecular flexibility index (Phi) is 11.1. The molecular formula is C26H40N2O3. The summed E-state index contributed by atoms with van der Waals surface area (Å²) in [5.74, 6) is -0.00188. The lowest BCUT2D eigenvalue weighted by Crippen LogP contribution is -2.40. The Morgan fingerprint density at radius 2 is 1.61 bits per heavy atom. The molecular weight excluding hydrogens is 388 g/mol. The predicted molar refractivity (Wildman–Crippen MR) is 129 cm³/mol. The van der Waals surface area contributed by atoms with E-state index in [1.165, 1.54) is 0 Å². The second kappa shape index (κ2) is 13.0. The first-order valence-corrected chi connectivity index (χ1v) is 11.4. The minimum Gasteiger partial charge on any atom is -0.443 e. The lowest BCUT2D eigenvalue weighted by molar-refractivity contribution is -0.125. The summed E-state index contributed by atoms with van der Waals surface area (Å²) in [6.45, 7) is 15.0. The highest BCUT2D eigenvalue weighted by atomic mass is 16.6. The zero-order chi connectivity index (χ0) is 23.4. The Morgan fingerprint density at radius 3 is 2.06 bits per heavy atom. The number of carbonyl (C=O) groups excluding carboxylic acids is 2. The molecule has 0 N–H and O–H groups in total. The van der Waals surface area contributed by atoms with Gasteiger partial charge in [-0.05, 0) is 58.6 Å². The Hall–Kier alpha value is -2.56. The Labute approximate surface area is 188 Å². The number of nitrogens with zero attached hydrogens (tertiary/aromatic N) is 2. The van der Waals surface area contributed by atoms with Gasteiger partial charge in [-0.15, -0.1) is 0 Å². The van der Waals surface area contributed by atoms with Crippen LogP contribution in [0.25, 0.3) is 5.57 Å². The first-order valence-electron chi connectivity index (χ1n) is 11.4. The lowest BCUT2D eigenvalue weighted by Gasteiger charge is -2.30. The number of amides is 2. The van der Waals surface area contributed by atoms with Crippen LogP contribution in [0.4, 0.5) is 4.79 Å². The molecule has 0 heterocycles. The van der Waals surface area contributed by atoms with Gasteiger partial charge in [0.15, 0.2) is 0 Å². The van der Waals surface area contributed by atoms with Crippen LogP contribution in [-0.4, -0.2) is 46.5 Å². The molecule has 1 unspecified atom stereocenters. The summed E-state index contributed by atoms with van der Waals surface area (Å²) in [5.41, 5.74) is 0.871. The highest BCUT2D eigenvalue weighted by Crippen LogP contribution is 2.23. The first-order chi connectivity index (χ1) is 14.7. The van der Waals surface area contributed by atoms with Gasteiger partial charge in [-0.2, -0.15) is 0 Å². The Balaban J connectivity index is 3.46. The molecule has 1 aromatic carbocycles. The molecule has 172 valence electrons. The van der Waals surface area contributed by atoms with Gasteiger partial charge in [0, 0.05) is 24.9 Å². The van der Waals surface area contributed by atoms with Gasteiger partial charge in [0.25, 0.3) is 5.91 Å². The van der Waals surface area contributed by atoms with Crippen LogP contribution in [0.5, 0.6) is 0 Å². The maximum atomic E-state index is 13.6. The summed E-state index contributed by atoms with van der Waals surface area (Å²) in [4.78, 5) is 29.9. The lowest BCUT2D eigenvalue weighted by atomic mass is 10.00. The maximum Gasteiger partial charge on any atom is 0.414 e. The summed E-state index contributed by atoms with van der Waals surface area (Å²) in [5, 5.41) is 0. The minimum atomic E-state index is -0.601. The van der Waals surface area contributed by atoms with Gasteiger partial charge in [-0.3, -0.25) is 9.69 Å². The molecule has 0 aliphatic carbocycles. The smallest absolute Gasteiger partial charge is 0.414 e. The molecule has 0 saturated carbocycles. The van der Waals surface area contributed by atoms with Gasteiger partial charge in [-0.25, -0.2) is 4.79 Å². The van der Waals surface area contributed by atoms with E-state index in [-0.39, 0.29) is 11.9 Å². The number of hydrogen-bond donors (Lipinski definition) is 0. The zero-order valence-electron chi connectivity index (χ0n) is 20.4. The molecule has 2 amide bonds. The van der Waals surface area contributed by atoms with Crippen LogP contribution in [0.3, 0.4) is 0 Å². The second-order valence-corrected chi connectivity index (χ2v) is 8.58. The Bertz CT molecular complexity index is 742. The molecule has 0 saturated heterocycles. The van der Waals surface area contributed by atoms with Crippen molar-refractivity contribution in [3.05, 3.63) is 54.2 Å². The highest BCUT2D eigenvalue weighted by Gasteiger charge is 2.27. The summed E-state index contributed by atoms with van der Waals surface area (Å²) in [6.07, 6.45) is 7.47. The zero-order valence-corrected chi connectivity index (χ0v) is 20.4. The van der Waals surface area contributed by atoms with Crippen LogP contribution < -0.4 is 0 Å². The van der Waals surface area contributed by atoms with E-state index in [4.69, 9.17) is 4.74 Å². The number of benzene rings is 1. The van der Waals surface area contributed by atoms with Crippen LogP contribution in [-0.2, 0) is 9.53 Å². The molecule has 5 heteroatoms. The standard InChI is InChI=1S/C26H40N2O3/c1-8-17-27(18-9-2)24(29)23(21-15-13-12-14-16-21)20-22(11-4)28(19-10-3)25(30)31-26(5,6)7/h10,12-16,19-20,22H,8-9,11,17-18H2,1-7H3/b19-10+,23-20-. The molecule has 31 heavy (non-hydrogen) atoms. The van der Waals surface area contributed by atoms with Crippen molar-refractivity contribution in [1.82, 2.24) is 9.80 Å². The highest BCUT2D eigenvalue weighted by molar-refractivity contribution is 6.19. The molecule has 5 nitrogen and oxygen atoms in total. The number of allylic oxidation sites excluding steroid dienone is 1. The molecule has 1 rings (SSSR count). The monoisotopic (exact) mass is 428 g/mol. The normalized spacial score (nSPS) is 13.2. The molecule has 1 aromatic rings. The van der Waals surface area contributed by atoms with Crippen molar-refractivity contribution in [2.45, 2.75) is 79.4 Å². The summed E-state index contributed by atoms with van der Waals surface area (Å²) < 4.78 is 5.62. The first kappa shape index (κ1) is 26.5. The molecule has 0 aromatic heterocycles. The summed E-state index contributed by atoms with van der Waals surface area (Å²) in [7, 11) is 0. The summed E-state index contributed by atoms with van der Waals surface area (Å²) in [6, 6.07) is 9.37. The van der Waals surface area contributed by atoms with Gasteiger partial charge in [0.1, 0.15) is 5.60 Å². The van der Waals surface area contributed by atoms with E-state index >= 15 is 0 Å². The topological polar surface area (TPSA) is 49.9 Å². The molecule has 0 radical (unpaired) electrons. The number of ether oxygens (including phenoxy) is 1. The van der Waals surface area contributed by atoms with Crippen LogP contribution >= 0.6 is 0 Å². The Morgan fingerprint density at radius 1 is 1.03 bits per heavy atom. The van der Waals surface area contributed by atoms with Crippen molar-refractivity contribution in [3.63, 3.8) is 0 Å². The molecule has 0 fully saturated rings. The average molecular weight is 429 g/mol. The van der Waals surface area contributed by atoms with Gasteiger partial charge in [-0.1, -0.05) is 57.2 Å². The fourth-order valence-electron chi connectivity index (χ4n) is 3.30. The molecule has 0 spiro atoms. The van der Waals surface area contributed by atoms with E-state index in [0.29, 0.717) is 25.1 Å². The van der Waals surface area contributed by atoms with Crippen LogP contribution in [0.1, 0.15) is 73.3 Å². The molecule has 0 bridgehead atoms.